The summed E-state index contributed by atoms with van der Waals surface area (Å²) in [4.78, 5) is 0. The molecule has 0 atom stereocenters. The molecule has 7 heteroatoms. The highest BCUT2D eigenvalue weighted by Gasteiger charge is 2.21. The summed E-state index contributed by atoms with van der Waals surface area (Å²) in [5, 5.41) is 6.15. The van der Waals surface area contributed by atoms with E-state index >= 15 is 0 Å². The van der Waals surface area contributed by atoms with Gasteiger partial charge in [-0.15, -0.1) is 0 Å². The Hall–Kier alpha value is -0.920. The molecule has 0 aliphatic carbocycles. The van der Waals surface area contributed by atoms with Crippen molar-refractivity contribution in [1.29, 1.82) is 0 Å². The average molecular weight is 247 g/mol. The number of aromatic amines is 1. The number of H-pyrrole nitrogens is 1. The third-order valence-corrected chi connectivity index (χ3v) is 3.81. The summed E-state index contributed by atoms with van der Waals surface area (Å²) in [6.45, 7) is 4.51. The van der Waals surface area contributed by atoms with E-state index in [1.165, 1.54) is 23.6 Å². The molecular weight excluding hydrogens is 230 g/mol. The van der Waals surface area contributed by atoms with Crippen molar-refractivity contribution in [3.63, 3.8) is 0 Å². The fourth-order valence-corrected chi connectivity index (χ4v) is 2.14. The van der Waals surface area contributed by atoms with Crippen LogP contribution in [0.3, 0.4) is 0 Å². The Bertz CT molecular complexity index is 400. The molecule has 0 fully saturated rings. The van der Waals surface area contributed by atoms with Crippen molar-refractivity contribution in [2.24, 2.45) is 0 Å². The van der Waals surface area contributed by atoms with Gasteiger partial charge in [0.05, 0.1) is 18.9 Å². The quantitative estimate of drug-likeness (QED) is 0.792. The molecule has 0 unspecified atom stereocenters. The second-order valence-corrected chi connectivity index (χ2v) is 5.68. The molecule has 1 aromatic rings. The minimum atomic E-state index is -3.46. The average Bonchev–Trinajstić information content (AvgIpc) is 2.69. The van der Waals surface area contributed by atoms with Gasteiger partial charge in [0.2, 0.25) is 0 Å². The molecule has 0 aromatic carbocycles. The van der Waals surface area contributed by atoms with Crippen LogP contribution < -0.4 is 0 Å². The molecule has 0 spiro atoms. The molecule has 1 rings (SSSR count). The highest BCUT2D eigenvalue weighted by Crippen LogP contribution is 2.09. The SMILES string of the molecule is CC(C)OCCN(C)S(=O)(=O)c1ccn[nH]1. The van der Waals surface area contributed by atoms with Crippen LogP contribution in [0.15, 0.2) is 17.3 Å². The predicted molar refractivity (Wildman–Crippen MR) is 59.5 cm³/mol. The van der Waals surface area contributed by atoms with Crippen molar-refractivity contribution < 1.29 is 13.2 Å². The van der Waals surface area contributed by atoms with E-state index in [0.717, 1.165) is 0 Å². The molecule has 6 nitrogen and oxygen atoms in total. The molecule has 0 aliphatic heterocycles. The minimum Gasteiger partial charge on any atom is -0.377 e. The largest absolute Gasteiger partial charge is 0.377 e. The van der Waals surface area contributed by atoms with Crippen LogP contribution in [0.4, 0.5) is 0 Å². The fourth-order valence-electron chi connectivity index (χ4n) is 1.09. The van der Waals surface area contributed by atoms with Gasteiger partial charge in [-0.05, 0) is 19.9 Å². The van der Waals surface area contributed by atoms with Gasteiger partial charge in [-0.3, -0.25) is 5.10 Å². The maximum Gasteiger partial charge on any atom is 0.259 e. The van der Waals surface area contributed by atoms with E-state index in [1.807, 2.05) is 13.8 Å². The molecule has 0 saturated heterocycles. The number of nitrogens with zero attached hydrogens (tertiary/aromatic N) is 2. The second-order valence-electron chi connectivity index (χ2n) is 3.67. The van der Waals surface area contributed by atoms with Crippen molar-refractivity contribution in [1.82, 2.24) is 14.5 Å². The van der Waals surface area contributed by atoms with Gasteiger partial charge >= 0.3 is 0 Å². The maximum atomic E-state index is 11.9. The predicted octanol–water partition coefficient (Wildman–Crippen LogP) is 0.455. The highest BCUT2D eigenvalue weighted by atomic mass is 32.2. The zero-order valence-corrected chi connectivity index (χ0v) is 10.5. The number of ether oxygens (including phenoxy) is 1. The van der Waals surface area contributed by atoms with Gasteiger partial charge in [0.1, 0.15) is 0 Å². The summed E-state index contributed by atoms with van der Waals surface area (Å²) in [5.74, 6) is 0. The molecule has 0 radical (unpaired) electrons. The first-order chi connectivity index (χ1) is 7.44. The number of nitrogens with one attached hydrogen (secondary N) is 1. The third-order valence-electron chi connectivity index (χ3n) is 2.02. The Morgan fingerprint density at radius 1 is 1.56 bits per heavy atom. The van der Waals surface area contributed by atoms with Gasteiger partial charge in [-0.25, -0.2) is 8.42 Å². The summed E-state index contributed by atoms with van der Waals surface area (Å²) in [6.07, 6.45) is 1.51. The number of rotatable bonds is 6. The van der Waals surface area contributed by atoms with E-state index in [-0.39, 0.29) is 11.1 Å². The Morgan fingerprint density at radius 3 is 2.75 bits per heavy atom. The molecule has 1 heterocycles. The van der Waals surface area contributed by atoms with E-state index < -0.39 is 10.0 Å². The van der Waals surface area contributed by atoms with Crippen molar-refractivity contribution >= 4 is 10.0 Å². The summed E-state index contributed by atoms with van der Waals surface area (Å²) in [5.41, 5.74) is 0. The number of hydrogen-bond donors (Lipinski definition) is 1. The van der Waals surface area contributed by atoms with Crippen molar-refractivity contribution in [2.45, 2.75) is 25.0 Å². The summed E-state index contributed by atoms with van der Waals surface area (Å²) in [6, 6.07) is 1.43. The topological polar surface area (TPSA) is 75.3 Å². The molecule has 0 saturated carbocycles. The number of sulfonamides is 1. The van der Waals surface area contributed by atoms with Gasteiger partial charge in [0, 0.05) is 13.6 Å². The van der Waals surface area contributed by atoms with Crippen LogP contribution in [0.1, 0.15) is 13.8 Å². The zero-order valence-electron chi connectivity index (χ0n) is 9.67. The van der Waals surface area contributed by atoms with E-state index in [0.29, 0.717) is 13.2 Å². The Morgan fingerprint density at radius 2 is 2.25 bits per heavy atom. The lowest BCUT2D eigenvalue weighted by atomic mass is 10.5. The molecule has 16 heavy (non-hydrogen) atoms. The first-order valence-corrected chi connectivity index (χ1v) is 6.46. The van der Waals surface area contributed by atoms with Crippen LogP contribution in [0.25, 0.3) is 0 Å². The van der Waals surface area contributed by atoms with Crippen molar-refractivity contribution in [2.75, 3.05) is 20.2 Å². The lowest BCUT2D eigenvalue weighted by Gasteiger charge is -2.16. The Kier molecular flexibility index (Phi) is 4.45. The molecule has 0 amide bonds. The summed E-state index contributed by atoms with van der Waals surface area (Å²) < 4.78 is 30.3. The smallest absolute Gasteiger partial charge is 0.259 e. The highest BCUT2D eigenvalue weighted by molar-refractivity contribution is 7.89. The van der Waals surface area contributed by atoms with Crippen molar-refractivity contribution in [3.8, 4) is 0 Å². The van der Waals surface area contributed by atoms with Crippen LogP contribution >= 0.6 is 0 Å². The molecule has 0 aliphatic rings. The van der Waals surface area contributed by atoms with E-state index in [9.17, 15) is 8.42 Å². The van der Waals surface area contributed by atoms with E-state index in [1.54, 1.807) is 0 Å². The lowest BCUT2D eigenvalue weighted by molar-refractivity contribution is 0.0737. The van der Waals surface area contributed by atoms with E-state index in [2.05, 4.69) is 10.2 Å². The van der Waals surface area contributed by atoms with E-state index in [4.69, 9.17) is 4.74 Å². The van der Waals surface area contributed by atoms with Crippen LogP contribution in [0, 0.1) is 0 Å². The number of hydrogen-bond acceptors (Lipinski definition) is 4. The monoisotopic (exact) mass is 247 g/mol. The molecular formula is C9H17N3O3S. The lowest BCUT2D eigenvalue weighted by Crippen LogP contribution is -2.31. The molecule has 92 valence electrons. The first kappa shape index (κ1) is 13.1. The molecule has 0 bridgehead atoms. The Labute approximate surface area is 95.7 Å². The zero-order chi connectivity index (χ0) is 12.2. The van der Waals surface area contributed by atoms with Crippen LogP contribution in [0.2, 0.25) is 0 Å². The normalized spacial score (nSPS) is 12.6. The van der Waals surface area contributed by atoms with Crippen molar-refractivity contribution in [3.05, 3.63) is 12.3 Å². The van der Waals surface area contributed by atoms with Gasteiger partial charge in [0.15, 0.2) is 5.03 Å². The fraction of sp³-hybridized carbons (Fsp3) is 0.667. The second kappa shape index (κ2) is 5.42. The standard InChI is InChI=1S/C9H17N3O3S/c1-8(2)15-7-6-12(3)16(13,14)9-4-5-10-11-9/h4-5,8H,6-7H2,1-3H3,(H,10,11). The van der Waals surface area contributed by atoms with Crippen LogP contribution in [-0.4, -0.2) is 49.2 Å². The van der Waals surface area contributed by atoms with Gasteiger partial charge < -0.3 is 4.74 Å². The van der Waals surface area contributed by atoms with Crippen LogP contribution in [-0.2, 0) is 14.8 Å². The number of likely N-dealkylation sites (N-methyl/N-ethyl adjacent to an activating group) is 1. The summed E-state index contributed by atoms with van der Waals surface area (Å²) in [7, 11) is -1.94. The van der Waals surface area contributed by atoms with Gasteiger partial charge in [-0.2, -0.15) is 9.40 Å². The maximum absolute atomic E-state index is 11.9. The minimum absolute atomic E-state index is 0.0968. The molecule has 1 N–H and O–H groups in total. The van der Waals surface area contributed by atoms with Gasteiger partial charge in [-0.1, -0.05) is 0 Å². The Balaban J connectivity index is 2.57. The third kappa shape index (κ3) is 3.29. The van der Waals surface area contributed by atoms with Gasteiger partial charge in [0.25, 0.3) is 10.0 Å². The first-order valence-electron chi connectivity index (χ1n) is 5.02. The number of aromatic nitrogens is 2. The molecule has 1 aromatic heterocycles. The summed E-state index contributed by atoms with van der Waals surface area (Å²) >= 11 is 0. The van der Waals surface area contributed by atoms with Crippen LogP contribution in [0.5, 0.6) is 0 Å².